The first kappa shape index (κ1) is 17.2. The second kappa shape index (κ2) is 7.78. The van der Waals surface area contributed by atoms with E-state index < -0.39 is 5.82 Å². The van der Waals surface area contributed by atoms with E-state index >= 15 is 0 Å². The molecule has 1 fully saturated rings. The van der Waals surface area contributed by atoms with Gasteiger partial charge >= 0.3 is 0 Å². The number of hydrogen-bond donors (Lipinski definition) is 1. The molecule has 1 aromatic rings. The number of ether oxygens (including phenoxy) is 1. The third kappa shape index (κ3) is 4.06. The predicted octanol–water partition coefficient (Wildman–Crippen LogP) is 2.15. The van der Waals surface area contributed by atoms with E-state index in [9.17, 15) is 9.18 Å². The summed E-state index contributed by atoms with van der Waals surface area (Å²) in [6.07, 6.45) is 0.0604. The van der Waals surface area contributed by atoms with E-state index in [1.165, 1.54) is 6.07 Å². The van der Waals surface area contributed by atoms with E-state index in [0.717, 1.165) is 5.56 Å². The highest BCUT2D eigenvalue weighted by atomic mass is 35.5. The molecular formula is C13H17Cl2FN2O2. The van der Waals surface area contributed by atoms with Gasteiger partial charge in [-0.2, -0.15) is 0 Å². The first-order valence-electron chi connectivity index (χ1n) is 6.16. The molecule has 1 aliphatic heterocycles. The highest BCUT2D eigenvalue weighted by molar-refractivity contribution is 6.30. The second-order valence-electron chi connectivity index (χ2n) is 4.41. The molecule has 1 heterocycles. The number of nitrogens with zero attached hydrogens (tertiary/aromatic N) is 1. The van der Waals surface area contributed by atoms with Crippen molar-refractivity contribution in [3.05, 3.63) is 34.6 Å². The highest BCUT2D eigenvalue weighted by Crippen LogP contribution is 2.26. The Bertz CT molecular complexity index is 474. The normalized spacial score (nSPS) is 18.6. The lowest BCUT2D eigenvalue weighted by molar-refractivity contribution is -0.138. The minimum atomic E-state index is -0.461. The first-order valence-corrected chi connectivity index (χ1v) is 6.54. The number of rotatable bonds is 3. The van der Waals surface area contributed by atoms with Gasteiger partial charge in [-0.3, -0.25) is 4.79 Å². The number of benzene rings is 1. The van der Waals surface area contributed by atoms with Crippen LogP contribution in [0.5, 0.6) is 0 Å². The number of carbonyl (C=O) groups is 1. The lowest BCUT2D eigenvalue weighted by atomic mass is 10.1. The summed E-state index contributed by atoms with van der Waals surface area (Å²) in [6, 6.07) is 4.48. The van der Waals surface area contributed by atoms with Gasteiger partial charge in [0.25, 0.3) is 0 Å². The minimum absolute atomic E-state index is 0. The summed E-state index contributed by atoms with van der Waals surface area (Å²) in [7, 11) is 0. The monoisotopic (exact) mass is 322 g/mol. The van der Waals surface area contributed by atoms with Crippen LogP contribution in [0.2, 0.25) is 5.02 Å². The summed E-state index contributed by atoms with van der Waals surface area (Å²) in [5, 5.41) is 0.0616. The van der Waals surface area contributed by atoms with Gasteiger partial charge in [-0.25, -0.2) is 4.39 Å². The van der Waals surface area contributed by atoms with E-state index in [0.29, 0.717) is 32.7 Å². The maximum Gasteiger partial charge on any atom is 0.224 e. The maximum atomic E-state index is 13.1. The van der Waals surface area contributed by atoms with E-state index in [1.54, 1.807) is 17.0 Å². The van der Waals surface area contributed by atoms with Crippen molar-refractivity contribution < 1.29 is 13.9 Å². The van der Waals surface area contributed by atoms with Crippen molar-refractivity contribution in [1.82, 2.24) is 4.90 Å². The van der Waals surface area contributed by atoms with Crippen molar-refractivity contribution >= 4 is 29.9 Å². The highest BCUT2D eigenvalue weighted by Gasteiger charge is 2.25. The third-order valence-corrected chi connectivity index (χ3v) is 3.38. The van der Waals surface area contributed by atoms with Gasteiger partial charge in [-0.1, -0.05) is 17.7 Å². The molecule has 1 saturated heterocycles. The van der Waals surface area contributed by atoms with Gasteiger partial charge in [0.1, 0.15) is 11.9 Å². The maximum absolute atomic E-state index is 13.1. The number of hydrogen-bond acceptors (Lipinski definition) is 3. The summed E-state index contributed by atoms with van der Waals surface area (Å²) in [5.74, 6) is -0.443. The molecule has 20 heavy (non-hydrogen) atoms. The smallest absolute Gasteiger partial charge is 0.224 e. The fraction of sp³-hybridized carbons (Fsp3) is 0.462. The number of nitrogens with two attached hydrogens (primary N) is 1. The molecule has 0 aliphatic carbocycles. The Hall–Kier alpha value is -0.880. The number of halogens is 3. The van der Waals surface area contributed by atoms with Crippen molar-refractivity contribution in [2.24, 2.45) is 5.73 Å². The Kier molecular flexibility index (Phi) is 6.68. The molecule has 2 rings (SSSR count). The number of carbonyl (C=O) groups excluding carboxylic acids is 1. The van der Waals surface area contributed by atoms with E-state index in [2.05, 4.69) is 0 Å². The molecule has 4 nitrogen and oxygen atoms in total. The van der Waals surface area contributed by atoms with Crippen molar-refractivity contribution in [2.75, 3.05) is 26.2 Å². The predicted molar refractivity (Wildman–Crippen MR) is 77.6 cm³/mol. The average Bonchev–Trinajstić information content (AvgIpc) is 2.42. The van der Waals surface area contributed by atoms with Crippen molar-refractivity contribution in [1.29, 1.82) is 0 Å². The Labute approximate surface area is 128 Å². The largest absolute Gasteiger partial charge is 0.370 e. The SMILES string of the molecule is Cl.NCCC(=O)N1CCOC(c2ccc(F)c(Cl)c2)C1. The summed E-state index contributed by atoms with van der Waals surface area (Å²) in [4.78, 5) is 13.5. The third-order valence-electron chi connectivity index (χ3n) is 3.09. The Morgan fingerprint density at radius 2 is 2.30 bits per heavy atom. The summed E-state index contributed by atoms with van der Waals surface area (Å²) < 4.78 is 18.7. The van der Waals surface area contributed by atoms with Crippen LogP contribution in [0.25, 0.3) is 0 Å². The Balaban J connectivity index is 0.00000200. The lowest BCUT2D eigenvalue weighted by Gasteiger charge is -2.33. The van der Waals surface area contributed by atoms with Crippen LogP contribution >= 0.6 is 24.0 Å². The summed E-state index contributed by atoms with van der Waals surface area (Å²) >= 11 is 5.75. The molecule has 112 valence electrons. The molecule has 2 N–H and O–H groups in total. The van der Waals surface area contributed by atoms with Gasteiger partial charge < -0.3 is 15.4 Å². The molecule has 1 aromatic carbocycles. The van der Waals surface area contributed by atoms with Crippen LogP contribution in [0.1, 0.15) is 18.1 Å². The molecule has 0 spiro atoms. The second-order valence-corrected chi connectivity index (χ2v) is 4.82. The molecule has 1 amide bonds. The van der Waals surface area contributed by atoms with Crippen LogP contribution in [0, 0.1) is 5.82 Å². The molecule has 0 aromatic heterocycles. The van der Waals surface area contributed by atoms with E-state index in [-0.39, 0.29) is 29.4 Å². The van der Waals surface area contributed by atoms with E-state index in [1.807, 2.05) is 0 Å². The molecular weight excluding hydrogens is 306 g/mol. The minimum Gasteiger partial charge on any atom is -0.370 e. The molecule has 1 unspecified atom stereocenters. The summed E-state index contributed by atoms with van der Waals surface area (Å²) in [6.45, 7) is 1.80. The zero-order valence-electron chi connectivity index (χ0n) is 10.9. The van der Waals surface area contributed by atoms with Crippen LogP contribution in [-0.2, 0) is 9.53 Å². The molecule has 7 heteroatoms. The zero-order chi connectivity index (χ0) is 13.8. The zero-order valence-corrected chi connectivity index (χ0v) is 12.4. The molecule has 0 saturated carbocycles. The van der Waals surface area contributed by atoms with Gasteiger partial charge in [0.2, 0.25) is 5.91 Å². The standard InChI is InChI=1S/C13H16ClFN2O2.ClH/c14-10-7-9(1-2-11(10)15)12-8-17(5-6-19-12)13(18)3-4-16;/h1-2,7,12H,3-6,8,16H2;1H. The molecule has 0 bridgehead atoms. The van der Waals surface area contributed by atoms with Crippen LogP contribution in [0.4, 0.5) is 4.39 Å². The van der Waals surface area contributed by atoms with Crippen LogP contribution in [-0.4, -0.2) is 37.0 Å². The fourth-order valence-corrected chi connectivity index (χ4v) is 2.26. The molecule has 1 aliphatic rings. The Morgan fingerprint density at radius 1 is 1.55 bits per heavy atom. The average molecular weight is 323 g/mol. The lowest BCUT2D eigenvalue weighted by Crippen LogP contribution is -2.42. The molecule has 0 radical (unpaired) electrons. The fourth-order valence-electron chi connectivity index (χ4n) is 2.07. The number of amides is 1. The first-order chi connectivity index (χ1) is 9.11. The molecule has 1 atom stereocenters. The van der Waals surface area contributed by atoms with Gasteiger partial charge in [0.05, 0.1) is 18.2 Å². The summed E-state index contributed by atoms with van der Waals surface area (Å²) in [5.41, 5.74) is 6.16. The Morgan fingerprint density at radius 3 is 2.95 bits per heavy atom. The van der Waals surface area contributed by atoms with Crippen molar-refractivity contribution in [2.45, 2.75) is 12.5 Å². The van der Waals surface area contributed by atoms with Gasteiger partial charge in [0, 0.05) is 19.5 Å². The van der Waals surface area contributed by atoms with Gasteiger partial charge in [-0.05, 0) is 17.7 Å². The van der Waals surface area contributed by atoms with Gasteiger partial charge in [0.15, 0.2) is 0 Å². The van der Waals surface area contributed by atoms with Crippen molar-refractivity contribution in [3.63, 3.8) is 0 Å². The van der Waals surface area contributed by atoms with Gasteiger partial charge in [-0.15, -0.1) is 12.4 Å². The topological polar surface area (TPSA) is 55.6 Å². The number of morpholine rings is 1. The van der Waals surface area contributed by atoms with Crippen LogP contribution in [0.15, 0.2) is 18.2 Å². The van der Waals surface area contributed by atoms with Crippen LogP contribution in [0.3, 0.4) is 0 Å². The van der Waals surface area contributed by atoms with Crippen LogP contribution < -0.4 is 5.73 Å². The van der Waals surface area contributed by atoms with E-state index in [4.69, 9.17) is 22.1 Å². The quantitative estimate of drug-likeness (QED) is 0.927. The van der Waals surface area contributed by atoms with Crippen molar-refractivity contribution in [3.8, 4) is 0 Å².